The number of carboxylic acid groups (broad SMARTS) is 1. The first-order valence-corrected chi connectivity index (χ1v) is 8.50. The fourth-order valence-electron chi connectivity index (χ4n) is 3.26. The van der Waals surface area contributed by atoms with Gasteiger partial charge in [-0.3, -0.25) is 9.59 Å². The van der Waals surface area contributed by atoms with Crippen molar-refractivity contribution in [3.63, 3.8) is 0 Å². The number of carbonyl (C=O) groups is 2. The summed E-state index contributed by atoms with van der Waals surface area (Å²) in [5.41, 5.74) is 1.36. The monoisotopic (exact) mass is 317 g/mol. The molecule has 0 aliphatic heterocycles. The number of benzene rings is 1. The van der Waals surface area contributed by atoms with Gasteiger partial charge in [0.2, 0.25) is 5.91 Å². The van der Waals surface area contributed by atoms with Crippen molar-refractivity contribution in [3.8, 4) is 0 Å². The van der Waals surface area contributed by atoms with Crippen molar-refractivity contribution < 1.29 is 14.7 Å². The second-order valence-corrected chi connectivity index (χ2v) is 7.03. The van der Waals surface area contributed by atoms with Crippen molar-refractivity contribution in [3.05, 3.63) is 35.9 Å². The van der Waals surface area contributed by atoms with Gasteiger partial charge < -0.3 is 10.0 Å². The molecule has 0 spiro atoms. The maximum absolute atomic E-state index is 12.5. The van der Waals surface area contributed by atoms with Gasteiger partial charge in [-0.25, -0.2) is 0 Å². The molecule has 0 aromatic heterocycles. The van der Waals surface area contributed by atoms with Crippen molar-refractivity contribution >= 4 is 11.9 Å². The summed E-state index contributed by atoms with van der Waals surface area (Å²) >= 11 is 0. The van der Waals surface area contributed by atoms with Crippen LogP contribution in [-0.2, 0) is 9.59 Å². The van der Waals surface area contributed by atoms with E-state index in [1.54, 1.807) is 4.90 Å². The molecule has 0 saturated heterocycles. The molecule has 4 heteroatoms. The molecule has 1 amide bonds. The van der Waals surface area contributed by atoms with E-state index in [4.69, 9.17) is 5.11 Å². The Bertz CT molecular complexity index is 521. The van der Waals surface area contributed by atoms with Crippen LogP contribution >= 0.6 is 0 Å². The summed E-state index contributed by atoms with van der Waals surface area (Å²) in [6.07, 6.45) is 2.69. The third-order valence-corrected chi connectivity index (χ3v) is 4.50. The summed E-state index contributed by atoms with van der Waals surface area (Å²) in [5, 5.41) is 8.84. The fourth-order valence-corrected chi connectivity index (χ4v) is 3.26. The number of rotatable bonds is 8. The Morgan fingerprint density at radius 2 is 1.87 bits per heavy atom. The Balaban J connectivity index is 1.81. The van der Waals surface area contributed by atoms with Gasteiger partial charge in [-0.1, -0.05) is 44.2 Å². The predicted octanol–water partition coefficient (Wildman–Crippen LogP) is 3.53. The van der Waals surface area contributed by atoms with Crippen LogP contribution in [-0.4, -0.2) is 35.0 Å². The van der Waals surface area contributed by atoms with Crippen molar-refractivity contribution in [1.29, 1.82) is 0 Å². The minimum atomic E-state index is -0.848. The molecule has 1 aliphatic carbocycles. The molecule has 0 heterocycles. The molecule has 0 bridgehead atoms. The van der Waals surface area contributed by atoms with Crippen LogP contribution in [0, 0.1) is 11.8 Å². The lowest BCUT2D eigenvalue weighted by atomic mass is 9.70. The Morgan fingerprint density at radius 1 is 1.22 bits per heavy atom. The van der Waals surface area contributed by atoms with Crippen LogP contribution in [0.25, 0.3) is 0 Å². The van der Waals surface area contributed by atoms with Crippen LogP contribution in [0.15, 0.2) is 30.3 Å². The highest BCUT2D eigenvalue weighted by Crippen LogP contribution is 2.43. The molecular formula is C19H27NO3. The van der Waals surface area contributed by atoms with Crippen molar-refractivity contribution in [2.24, 2.45) is 11.8 Å². The van der Waals surface area contributed by atoms with E-state index in [9.17, 15) is 9.59 Å². The average molecular weight is 317 g/mol. The highest BCUT2D eigenvalue weighted by atomic mass is 16.4. The molecule has 1 saturated carbocycles. The summed E-state index contributed by atoms with van der Waals surface area (Å²) in [6, 6.07) is 10.4. The minimum Gasteiger partial charge on any atom is -0.481 e. The van der Waals surface area contributed by atoms with E-state index in [1.807, 2.05) is 6.07 Å². The van der Waals surface area contributed by atoms with E-state index in [0.29, 0.717) is 37.3 Å². The standard InChI is InChI=1S/C19H27NO3/c1-14(2)13-20(9-8-19(22)23)18(21)12-15-10-17(11-15)16-6-4-3-5-7-16/h3-7,14-15,17H,8-13H2,1-2H3,(H,22,23). The van der Waals surface area contributed by atoms with E-state index >= 15 is 0 Å². The zero-order chi connectivity index (χ0) is 16.8. The van der Waals surface area contributed by atoms with Crippen LogP contribution in [0.4, 0.5) is 0 Å². The van der Waals surface area contributed by atoms with Gasteiger partial charge in [0.15, 0.2) is 0 Å². The molecule has 126 valence electrons. The second-order valence-electron chi connectivity index (χ2n) is 7.03. The van der Waals surface area contributed by atoms with E-state index in [-0.39, 0.29) is 12.3 Å². The lowest BCUT2D eigenvalue weighted by molar-refractivity contribution is -0.139. The summed E-state index contributed by atoms with van der Waals surface area (Å²) < 4.78 is 0. The topological polar surface area (TPSA) is 57.6 Å². The molecular weight excluding hydrogens is 290 g/mol. The van der Waals surface area contributed by atoms with Gasteiger partial charge in [-0.2, -0.15) is 0 Å². The fraction of sp³-hybridized carbons (Fsp3) is 0.579. The first-order valence-electron chi connectivity index (χ1n) is 8.50. The summed E-state index contributed by atoms with van der Waals surface area (Å²) in [7, 11) is 0. The Kier molecular flexibility index (Phi) is 6.20. The number of hydrogen-bond donors (Lipinski definition) is 1. The maximum atomic E-state index is 12.5. The zero-order valence-corrected chi connectivity index (χ0v) is 14.1. The normalized spacial score (nSPS) is 20.1. The maximum Gasteiger partial charge on any atom is 0.305 e. The second kappa shape index (κ2) is 8.14. The van der Waals surface area contributed by atoms with Crippen molar-refractivity contribution in [1.82, 2.24) is 4.90 Å². The molecule has 1 aromatic rings. The highest BCUT2D eigenvalue weighted by Gasteiger charge is 2.32. The van der Waals surface area contributed by atoms with Crippen molar-refractivity contribution in [2.45, 2.75) is 45.4 Å². The Labute approximate surface area is 138 Å². The lowest BCUT2D eigenvalue weighted by Gasteiger charge is -2.37. The third-order valence-electron chi connectivity index (χ3n) is 4.50. The number of amides is 1. The van der Waals surface area contributed by atoms with Gasteiger partial charge >= 0.3 is 5.97 Å². The molecule has 1 aromatic carbocycles. The van der Waals surface area contributed by atoms with Gasteiger partial charge in [0.1, 0.15) is 0 Å². The van der Waals surface area contributed by atoms with Crippen LogP contribution in [0.1, 0.15) is 51.0 Å². The molecule has 4 nitrogen and oxygen atoms in total. The number of hydrogen-bond acceptors (Lipinski definition) is 2. The van der Waals surface area contributed by atoms with Gasteiger partial charge in [-0.05, 0) is 36.2 Å². The van der Waals surface area contributed by atoms with Gasteiger partial charge in [0.05, 0.1) is 6.42 Å². The van der Waals surface area contributed by atoms with E-state index in [2.05, 4.69) is 38.1 Å². The molecule has 0 radical (unpaired) electrons. The predicted molar refractivity (Wildman–Crippen MR) is 90.2 cm³/mol. The number of carboxylic acids is 1. The number of aliphatic carboxylic acids is 1. The Hall–Kier alpha value is -1.84. The highest BCUT2D eigenvalue weighted by molar-refractivity contribution is 5.77. The lowest BCUT2D eigenvalue weighted by Crippen LogP contribution is -2.38. The van der Waals surface area contributed by atoms with Gasteiger partial charge in [-0.15, -0.1) is 0 Å². The smallest absolute Gasteiger partial charge is 0.305 e. The SMILES string of the molecule is CC(C)CN(CCC(=O)O)C(=O)CC1CC(c2ccccc2)C1. The van der Waals surface area contributed by atoms with E-state index in [1.165, 1.54) is 5.56 Å². The first kappa shape index (κ1) is 17.5. The van der Waals surface area contributed by atoms with Crippen LogP contribution in [0.3, 0.4) is 0 Å². The molecule has 1 aliphatic rings. The first-order chi connectivity index (χ1) is 11.0. The summed E-state index contributed by atoms with van der Waals surface area (Å²) in [5.74, 6) is 0.626. The van der Waals surface area contributed by atoms with E-state index in [0.717, 1.165) is 12.8 Å². The number of nitrogens with zero attached hydrogens (tertiary/aromatic N) is 1. The van der Waals surface area contributed by atoms with Gasteiger partial charge in [0.25, 0.3) is 0 Å². The van der Waals surface area contributed by atoms with Crippen LogP contribution < -0.4 is 0 Å². The molecule has 0 unspecified atom stereocenters. The zero-order valence-electron chi connectivity index (χ0n) is 14.1. The Morgan fingerprint density at radius 3 is 2.43 bits per heavy atom. The van der Waals surface area contributed by atoms with E-state index < -0.39 is 5.97 Å². The third kappa shape index (κ3) is 5.38. The van der Waals surface area contributed by atoms with Crippen LogP contribution in [0.2, 0.25) is 0 Å². The quantitative estimate of drug-likeness (QED) is 0.798. The largest absolute Gasteiger partial charge is 0.481 e. The molecule has 23 heavy (non-hydrogen) atoms. The average Bonchev–Trinajstić information content (AvgIpc) is 2.47. The molecule has 0 atom stereocenters. The molecule has 2 rings (SSSR count). The number of carbonyl (C=O) groups excluding carboxylic acids is 1. The van der Waals surface area contributed by atoms with Crippen LogP contribution in [0.5, 0.6) is 0 Å². The molecule has 1 fully saturated rings. The minimum absolute atomic E-state index is 0.0236. The summed E-state index contributed by atoms with van der Waals surface area (Å²) in [4.78, 5) is 25.0. The molecule has 1 N–H and O–H groups in total. The van der Waals surface area contributed by atoms with Crippen molar-refractivity contribution in [2.75, 3.05) is 13.1 Å². The summed E-state index contributed by atoms with van der Waals surface area (Å²) in [6.45, 7) is 5.06. The van der Waals surface area contributed by atoms with Gasteiger partial charge in [0, 0.05) is 19.5 Å².